The summed E-state index contributed by atoms with van der Waals surface area (Å²) in [6.07, 6.45) is -27.6. The van der Waals surface area contributed by atoms with Gasteiger partial charge in [0.25, 0.3) is 0 Å². The summed E-state index contributed by atoms with van der Waals surface area (Å²) in [5.74, 6) is -1.25. The standard InChI is InChI=1S/C28H47N3O19/c1-7-14(36)17(39)19(41)25(45-7)44-6-12-22(23(43)28(30-9(3)35)27(31-28)48-12)50-24-13(29-8(2)34)16(38)21(11(5-33)47-24)49-26-20(42)18(40)15(37)10(4-32)46-26/h7,10-27,31-33,36-43H,4-6H2,1-3H3,(H,29,34)(H,30,35)/t7-,10+,11+,12+,13+,14+,15+,16+,17+,18-,19-,20-,21+,22+,23-,24-,25+,26-,27-,28-/m0/s1. The Morgan fingerprint density at radius 3 is 1.90 bits per heavy atom. The van der Waals surface area contributed by atoms with Gasteiger partial charge in [0.05, 0.1) is 25.9 Å². The number of ether oxygens (including phenoxy) is 7. The first-order valence-electron chi connectivity index (χ1n) is 16.1. The van der Waals surface area contributed by atoms with E-state index in [-0.39, 0.29) is 0 Å². The van der Waals surface area contributed by atoms with E-state index in [0.29, 0.717) is 0 Å². The molecule has 5 saturated heterocycles. The smallest absolute Gasteiger partial charge is 0.218 e. The first kappa shape index (κ1) is 39.4. The van der Waals surface area contributed by atoms with E-state index >= 15 is 0 Å². The van der Waals surface area contributed by atoms with Crippen molar-refractivity contribution in [3.8, 4) is 0 Å². The second-order valence-corrected chi connectivity index (χ2v) is 13.0. The molecule has 5 aliphatic heterocycles. The summed E-state index contributed by atoms with van der Waals surface area (Å²) in [7, 11) is 0. The Bertz CT molecular complexity index is 1190. The number of carbonyl (C=O) groups is 2. The monoisotopic (exact) mass is 729 g/mol. The molecular formula is C28H47N3O19. The van der Waals surface area contributed by atoms with Gasteiger partial charge in [-0.2, -0.15) is 0 Å². The van der Waals surface area contributed by atoms with Crippen molar-refractivity contribution in [1.29, 1.82) is 0 Å². The number of amides is 2. The zero-order chi connectivity index (χ0) is 36.8. The van der Waals surface area contributed by atoms with Crippen LogP contribution < -0.4 is 16.0 Å². The third-order valence-electron chi connectivity index (χ3n) is 9.43. The molecule has 0 aromatic carbocycles. The Morgan fingerprint density at radius 2 is 1.28 bits per heavy atom. The van der Waals surface area contributed by atoms with Gasteiger partial charge >= 0.3 is 0 Å². The van der Waals surface area contributed by atoms with E-state index in [1.807, 2.05) is 0 Å². The third kappa shape index (κ3) is 7.64. The Hall–Kier alpha value is -1.78. The summed E-state index contributed by atoms with van der Waals surface area (Å²) in [6.45, 7) is 1.63. The molecule has 22 heteroatoms. The van der Waals surface area contributed by atoms with Crippen LogP contribution in [-0.4, -0.2) is 205 Å². The zero-order valence-corrected chi connectivity index (χ0v) is 27.2. The van der Waals surface area contributed by atoms with Gasteiger partial charge in [0.1, 0.15) is 91.6 Å². The lowest BCUT2D eigenvalue weighted by Crippen LogP contribution is -2.69. The van der Waals surface area contributed by atoms with E-state index in [1.165, 1.54) is 13.8 Å². The summed E-state index contributed by atoms with van der Waals surface area (Å²) in [4.78, 5) is 24.3. The van der Waals surface area contributed by atoms with Gasteiger partial charge in [0.2, 0.25) is 11.8 Å². The number of aliphatic hydroxyl groups excluding tert-OH is 10. The van der Waals surface area contributed by atoms with Crippen LogP contribution >= 0.6 is 0 Å². The van der Waals surface area contributed by atoms with Gasteiger partial charge in [-0.1, -0.05) is 0 Å². The molecule has 5 fully saturated rings. The van der Waals surface area contributed by atoms with E-state index in [1.54, 1.807) is 0 Å². The van der Waals surface area contributed by atoms with Gasteiger partial charge in [-0.3, -0.25) is 14.9 Å². The maximum Gasteiger partial charge on any atom is 0.218 e. The fourth-order valence-corrected chi connectivity index (χ4v) is 6.60. The van der Waals surface area contributed by atoms with E-state index in [9.17, 15) is 60.7 Å². The van der Waals surface area contributed by atoms with Gasteiger partial charge < -0.3 is 94.9 Å². The molecule has 22 nitrogen and oxygen atoms in total. The van der Waals surface area contributed by atoms with E-state index in [4.69, 9.17) is 33.2 Å². The molecule has 0 unspecified atom stereocenters. The summed E-state index contributed by atoms with van der Waals surface area (Å²) in [5.41, 5.74) is -1.55. The van der Waals surface area contributed by atoms with Crippen LogP contribution in [0.1, 0.15) is 20.8 Å². The van der Waals surface area contributed by atoms with Crippen molar-refractivity contribution < 1.29 is 93.8 Å². The average molecular weight is 730 g/mol. The Balaban J connectivity index is 1.37. The Labute approximate surface area is 284 Å². The Kier molecular flexibility index (Phi) is 12.4. The van der Waals surface area contributed by atoms with Crippen molar-refractivity contribution in [3.05, 3.63) is 0 Å². The number of hydrogen-bond acceptors (Lipinski definition) is 20. The summed E-state index contributed by atoms with van der Waals surface area (Å²) < 4.78 is 40.3. The number of hydrogen-bond donors (Lipinski definition) is 13. The minimum absolute atomic E-state index is 0.486. The molecule has 13 N–H and O–H groups in total. The molecule has 20 atom stereocenters. The number of carbonyl (C=O) groups excluding carboxylic acids is 2. The van der Waals surface area contributed by atoms with Crippen LogP contribution in [-0.2, 0) is 42.7 Å². The number of rotatable bonds is 11. The highest BCUT2D eigenvalue weighted by atomic mass is 16.7. The predicted octanol–water partition coefficient (Wildman–Crippen LogP) is -8.50. The van der Waals surface area contributed by atoms with Crippen LogP contribution in [0.2, 0.25) is 0 Å². The lowest BCUT2D eigenvalue weighted by Gasteiger charge is -2.49. The number of aliphatic hydroxyl groups is 10. The second-order valence-electron chi connectivity index (χ2n) is 13.0. The quantitative estimate of drug-likeness (QED) is 0.0878. The van der Waals surface area contributed by atoms with Gasteiger partial charge in [-0.15, -0.1) is 0 Å². The summed E-state index contributed by atoms with van der Waals surface area (Å²) in [5, 5.41) is 112. The molecule has 5 aliphatic rings. The van der Waals surface area contributed by atoms with Crippen molar-refractivity contribution in [2.24, 2.45) is 0 Å². The first-order chi connectivity index (χ1) is 23.5. The molecule has 2 amide bonds. The largest absolute Gasteiger partial charge is 0.394 e. The molecule has 50 heavy (non-hydrogen) atoms. The molecule has 0 aromatic rings. The van der Waals surface area contributed by atoms with Gasteiger partial charge in [0, 0.05) is 13.8 Å². The van der Waals surface area contributed by atoms with Crippen molar-refractivity contribution in [1.82, 2.24) is 16.0 Å². The lowest BCUT2D eigenvalue weighted by molar-refractivity contribution is -0.358. The molecule has 288 valence electrons. The molecule has 0 spiro atoms. The SMILES string of the molecule is CC(=O)N[C@H]1[C@H](O[C@@H]2[C@@H](CO[C@@H]3O[C@@H](C)[C@@H](O)[C@@H](O)[C@@H]3O)O[C@@H]3N[C@@]3(NC(C)=O)[C@H]2O)O[C@H](CO)[C@@H](O[C@@H]2O[C@H](CO)[C@@H](O)[C@H](O)[C@@H]2O)[C@@H]1O. The van der Waals surface area contributed by atoms with Crippen LogP contribution in [0.15, 0.2) is 0 Å². The van der Waals surface area contributed by atoms with Crippen molar-refractivity contribution in [2.75, 3.05) is 19.8 Å². The molecular weight excluding hydrogens is 682 g/mol. The summed E-state index contributed by atoms with van der Waals surface area (Å²) in [6, 6.07) is -1.53. The molecule has 0 aromatic heterocycles. The maximum atomic E-state index is 12.3. The highest BCUT2D eigenvalue weighted by Crippen LogP contribution is 2.41. The average Bonchev–Trinajstić information content (AvgIpc) is 3.77. The van der Waals surface area contributed by atoms with Gasteiger partial charge in [-0.05, 0) is 6.92 Å². The minimum atomic E-state index is -1.88. The first-order valence-corrected chi connectivity index (χ1v) is 16.1. The van der Waals surface area contributed by atoms with E-state index in [2.05, 4.69) is 16.0 Å². The third-order valence-corrected chi connectivity index (χ3v) is 9.43. The molecule has 5 rings (SSSR count). The maximum absolute atomic E-state index is 12.3. The topological polar surface area (TPSA) is 347 Å². The minimum Gasteiger partial charge on any atom is -0.394 e. The summed E-state index contributed by atoms with van der Waals surface area (Å²) >= 11 is 0. The number of nitrogens with one attached hydrogen (secondary N) is 3. The van der Waals surface area contributed by atoms with E-state index < -0.39 is 154 Å². The van der Waals surface area contributed by atoms with Gasteiger partial charge in [0.15, 0.2) is 24.5 Å². The fraction of sp³-hybridized carbons (Fsp3) is 0.929. The lowest BCUT2D eigenvalue weighted by atomic mass is 9.94. The van der Waals surface area contributed by atoms with Crippen LogP contribution in [0.3, 0.4) is 0 Å². The molecule has 5 heterocycles. The Morgan fingerprint density at radius 1 is 0.680 bits per heavy atom. The van der Waals surface area contributed by atoms with Gasteiger partial charge in [-0.25, -0.2) is 0 Å². The molecule has 0 radical (unpaired) electrons. The second kappa shape index (κ2) is 15.7. The van der Waals surface area contributed by atoms with Crippen molar-refractivity contribution in [3.63, 3.8) is 0 Å². The molecule has 0 aliphatic carbocycles. The fourth-order valence-electron chi connectivity index (χ4n) is 6.60. The van der Waals surface area contributed by atoms with Crippen molar-refractivity contribution in [2.45, 2.75) is 143 Å². The van der Waals surface area contributed by atoms with Crippen LogP contribution in [0.4, 0.5) is 0 Å². The normalized spacial score (nSPS) is 50.6. The van der Waals surface area contributed by atoms with Crippen molar-refractivity contribution >= 4 is 11.8 Å². The van der Waals surface area contributed by atoms with Crippen LogP contribution in [0, 0.1) is 0 Å². The zero-order valence-electron chi connectivity index (χ0n) is 27.2. The molecule has 0 saturated carbocycles. The predicted molar refractivity (Wildman–Crippen MR) is 156 cm³/mol. The van der Waals surface area contributed by atoms with Crippen LogP contribution in [0.25, 0.3) is 0 Å². The number of fused-ring (bicyclic) bond motifs is 1. The highest BCUT2D eigenvalue weighted by Gasteiger charge is 2.69. The highest BCUT2D eigenvalue weighted by molar-refractivity contribution is 5.74. The van der Waals surface area contributed by atoms with E-state index in [0.717, 1.165) is 6.92 Å². The molecule has 0 bridgehead atoms. The van der Waals surface area contributed by atoms with Crippen LogP contribution in [0.5, 0.6) is 0 Å².